The van der Waals surface area contributed by atoms with E-state index in [1.165, 1.54) is 12.1 Å². The fourth-order valence-electron chi connectivity index (χ4n) is 4.22. The number of rotatable bonds is 6. The molecule has 2 atom stereocenters. The number of carbonyl (C=O) groups excluding carboxylic acids is 2. The highest BCUT2D eigenvalue weighted by Gasteiger charge is 2.57. The summed E-state index contributed by atoms with van der Waals surface area (Å²) in [5.41, 5.74) is 2.42. The third kappa shape index (κ3) is 3.88. The van der Waals surface area contributed by atoms with E-state index in [2.05, 4.69) is 16.1 Å². The highest BCUT2D eigenvalue weighted by Crippen LogP contribution is 2.52. The number of benzene rings is 1. The molecule has 2 bridgehead atoms. The molecule has 27 heavy (non-hydrogen) atoms. The summed E-state index contributed by atoms with van der Waals surface area (Å²) in [6.07, 6.45) is 3.05. The van der Waals surface area contributed by atoms with Crippen molar-refractivity contribution in [3.8, 4) is 5.75 Å². The van der Waals surface area contributed by atoms with Gasteiger partial charge in [0.1, 0.15) is 17.6 Å². The molecule has 1 saturated heterocycles. The summed E-state index contributed by atoms with van der Waals surface area (Å²) < 4.78 is 18.7. The summed E-state index contributed by atoms with van der Waals surface area (Å²) in [6, 6.07) is 3.80. The van der Waals surface area contributed by atoms with Crippen LogP contribution in [0.5, 0.6) is 5.75 Å². The lowest BCUT2D eigenvalue weighted by Gasteiger charge is -2.39. The second kappa shape index (κ2) is 7.26. The van der Waals surface area contributed by atoms with Gasteiger partial charge in [-0.1, -0.05) is 11.6 Å². The number of hydrogen-bond donors (Lipinski definition) is 3. The number of amides is 2. The smallest absolute Gasteiger partial charge is 0.258 e. The molecule has 3 saturated carbocycles. The maximum absolute atomic E-state index is 13.4. The monoisotopic (exact) mass is 397 g/mol. The SMILES string of the molecule is O=C(COc1ccc(Cl)c(F)c1)NC12CC(C1)[C@@H](NC(=O)C1CCON1)C2. The van der Waals surface area contributed by atoms with Gasteiger partial charge >= 0.3 is 0 Å². The van der Waals surface area contributed by atoms with Gasteiger partial charge in [-0.15, -0.1) is 0 Å². The Morgan fingerprint density at radius 3 is 2.89 bits per heavy atom. The zero-order valence-electron chi connectivity index (χ0n) is 14.6. The lowest BCUT2D eigenvalue weighted by molar-refractivity contribution is -0.126. The average molecular weight is 398 g/mol. The summed E-state index contributed by atoms with van der Waals surface area (Å²) in [4.78, 5) is 29.4. The Morgan fingerprint density at radius 2 is 2.19 bits per heavy atom. The van der Waals surface area contributed by atoms with E-state index in [1.807, 2.05) is 0 Å². The van der Waals surface area contributed by atoms with Gasteiger partial charge in [-0.05, 0) is 43.7 Å². The number of fused-ring (bicyclic) bond motifs is 1. The molecule has 0 aromatic heterocycles. The Morgan fingerprint density at radius 1 is 1.37 bits per heavy atom. The second-order valence-corrected chi connectivity index (χ2v) is 7.90. The summed E-state index contributed by atoms with van der Waals surface area (Å²) in [5.74, 6) is -0.283. The fraction of sp³-hybridized carbons (Fsp3) is 0.556. The van der Waals surface area contributed by atoms with Crippen molar-refractivity contribution in [1.29, 1.82) is 0 Å². The van der Waals surface area contributed by atoms with Crippen LogP contribution in [0.1, 0.15) is 25.7 Å². The molecular formula is C18H21ClFN3O4. The van der Waals surface area contributed by atoms with Crippen LogP contribution in [0, 0.1) is 11.7 Å². The molecule has 7 nitrogen and oxygen atoms in total. The normalized spacial score (nSPS) is 31.3. The van der Waals surface area contributed by atoms with Crippen molar-refractivity contribution in [2.24, 2.45) is 5.92 Å². The van der Waals surface area contributed by atoms with E-state index in [-0.39, 0.29) is 46.8 Å². The minimum Gasteiger partial charge on any atom is -0.484 e. The number of carbonyl (C=O) groups is 2. The van der Waals surface area contributed by atoms with Crippen LogP contribution >= 0.6 is 11.6 Å². The van der Waals surface area contributed by atoms with Crippen LogP contribution in [0.25, 0.3) is 0 Å². The van der Waals surface area contributed by atoms with E-state index in [0.29, 0.717) is 25.4 Å². The van der Waals surface area contributed by atoms with Crippen molar-refractivity contribution in [2.45, 2.75) is 43.3 Å². The van der Waals surface area contributed by atoms with Crippen molar-refractivity contribution >= 4 is 23.4 Å². The predicted molar refractivity (Wildman–Crippen MR) is 94.5 cm³/mol. The molecule has 1 aromatic carbocycles. The third-order valence-electron chi connectivity index (χ3n) is 5.53. The van der Waals surface area contributed by atoms with Crippen LogP contribution in [-0.2, 0) is 14.4 Å². The molecule has 2 amide bonds. The van der Waals surface area contributed by atoms with E-state index in [0.717, 1.165) is 18.9 Å². The first-order chi connectivity index (χ1) is 12.9. The zero-order chi connectivity index (χ0) is 19.0. The van der Waals surface area contributed by atoms with Crippen molar-refractivity contribution in [3.63, 3.8) is 0 Å². The van der Waals surface area contributed by atoms with Gasteiger partial charge in [-0.3, -0.25) is 9.59 Å². The van der Waals surface area contributed by atoms with Crippen LogP contribution in [-0.4, -0.2) is 42.7 Å². The van der Waals surface area contributed by atoms with Crippen molar-refractivity contribution in [3.05, 3.63) is 29.0 Å². The standard InChI is InChI=1S/C18H21ClFN3O4/c19-12-2-1-11(5-13(12)20)26-9-16(24)22-18-6-10(7-18)15(8-18)21-17(25)14-3-4-27-23-14/h1-2,5,10,14-15,23H,3-4,6-9H2,(H,21,25)(H,22,24)/t10?,14?,15-,18?/m0/s1. The molecular weight excluding hydrogens is 377 g/mol. The Labute approximate surface area is 160 Å². The summed E-state index contributed by atoms with van der Waals surface area (Å²) in [6.45, 7) is 0.331. The summed E-state index contributed by atoms with van der Waals surface area (Å²) in [7, 11) is 0. The van der Waals surface area contributed by atoms with Gasteiger partial charge < -0.3 is 20.2 Å². The molecule has 0 radical (unpaired) electrons. The quantitative estimate of drug-likeness (QED) is 0.673. The Balaban J connectivity index is 1.24. The van der Waals surface area contributed by atoms with Gasteiger partial charge in [0.15, 0.2) is 6.61 Å². The fourth-order valence-corrected chi connectivity index (χ4v) is 4.33. The number of hydrogen-bond acceptors (Lipinski definition) is 5. The minimum atomic E-state index is -0.591. The number of halogens is 2. The van der Waals surface area contributed by atoms with Gasteiger partial charge in [-0.2, -0.15) is 5.48 Å². The zero-order valence-corrected chi connectivity index (χ0v) is 15.4. The first-order valence-electron chi connectivity index (χ1n) is 9.01. The largest absolute Gasteiger partial charge is 0.484 e. The van der Waals surface area contributed by atoms with Crippen molar-refractivity contribution in [1.82, 2.24) is 16.1 Å². The van der Waals surface area contributed by atoms with Crippen LogP contribution < -0.4 is 20.9 Å². The number of nitrogens with one attached hydrogen (secondary N) is 3. The van der Waals surface area contributed by atoms with Gasteiger partial charge in [0, 0.05) is 17.6 Å². The van der Waals surface area contributed by atoms with Crippen LogP contribution in [0.3, 0.4) is 0 Å². The predicted octanol–water partition coefficient (Wildman–Crippen LogP) is 1.30. The Kier molecular flexibility index (Phi) is 4.96. The molecule has 1 heterocycles. The van der Waals surface area contributed by atoms with Crippen molar-refractivity contribution < 1.29 is 23.6 Å². The molecule has 5 rings (SSSR count). The lowest BCUT2D eigenvalue weighted by atomic mass is 9.76. The molecule has 4 fully saturated rings. The van der Waals surface area contributed by atoms with Gasteiger partial charge in [-0.25, -0.2) is 4.39 Å². The molecule has 1 unspecified atom stereocenters. The van der Waals surface area contributed by atoms with Crippen LogP contribution in [0.4, 0.5) is 4.39 Å². The highest BCUT2D eigenvalue weighted by atomic mass is 35.5. The number of ether oxygens (including phenoxy) is 1. The Hall–Kier alpha value is -1.90. The van der Waals surface area contributed by atoms with Gasteiger partial charge in [0.2, 0.25) is 5.91 Å². The highest BCUT2D eigenvalue weighted by molar-refractivity contribution is 6.30. The first kappa shape index (κ1) is 18.5. The molecule has 3 N–H and O–H groups in total. The minimum absolute atomic E-state index is 0.00427. The summed E-state index contributed by atoms with van der Waals surface area (Å²) in [5, 5.41) is 6.08. The molecule has 9 heteroatoms. The van der Waals surface area contributed by atoms with E-state index in [4.69, 9.17) is 21.2 Å². The maximum Gasteiger partial charge on any atom is 0.258 e. The topological polar surface area (TPSA) is 88.7 Å². The van der Waals surface area contributed by atoms with Crippen molar-refractivity contribution in [2.75, 3.05) is 13.2 Å². The average Bonchev–Trinajstić information content (AvgIpc) is 3.31. The molecule has 4 aliphatic rings. The van der Waals surface area contributed by atoms with E-state index in [9.17, 15) is 14.0 Å². The first-order valence-corrected chi connectivity index (χ1v) is 9.38. The maximum atomic E-state index is 13.4. The Bertz CT molecular complexity index is 750. The van der Waals surface area contributed by atoms with E-state index in [1.54, 1.807) is 0 Å². The van der Waals surface area contributed by atoms with Crippen LogP contribution in [0.2, 0.25) is 5.02 Å². The molecule has 1 aromatic rings. The van der Waals surface area contributed by atoms with Crippen LogP contribution in [0.15, 0.2) is 18.2 Å². The van der Waals surface area contributed by atoms with E-state index < -0.39 is 5.82 Å². The third-order valence-corrected chi connectivity index (χ3v) is 5.84. The summed E-state index contributed by atoms with van der Waals surface area (Å²) >= 11 is 5.62. The molecule has 146 valence electrons. The lowest BCUT2D eigenvalue weighted by Crippen LogP contribution is -2.53. The van der Waals surface area contributed by atoms with Gasteiger partial charge in [0.25, 0.3) is 5.91 Å². The molecule has 3 aliphatic carbocycles. The van der Waals surface area contributed by atoms with E-state index >= 15 is 0 Å². The number of hydroxylamine groups is 1. The molecule has 1 aliphatic heterocycles. The van der Waals surface area contributed by atoms with Gasteiger partial charge in [0.05, 0.1) is 11.6 Å². The molecule has 0 spiro atoms. The second-order valence-electron chi connectivity index (χ2n) is 7.49.